The van der Waals surface area contributed by atoms with Gasteiger partial charge in [-0.2, -0.15) is 0 Å². The molecule has 2 bridgehead atoms. The fraction of sp³-hybridized carbons (Fsp3) is 0.550. The van der Waals surface area contributed by atoms with Crippen molar-refractivity contribution < 1.29 is 14.3 Å². The summed E-state index contributed by atoms with van der Waals surface area (Å²) < 4.78 is 10.6. The first kappa shape index (κ1) is 17.0. The summed E-state index contributed by atoms with van der Waals surface area (Å²) in [6.45, 7) is 4.32. The van der Waals surface area contributed by atoms with Crippen LogP contribution in [0.5, 0.6) is 0 Å². The van der Waals surface area contributed by atoms with E-state index < -0.39 is 0 Å². The average Bonchev–Trinajstić information content (AvgIpc) is 2.91. The van der Waals surface area contributed by atoms with Crippen LogP contribution in [0.2, 0.25) is 0 Å². The third-order valence-electron chi connectivity index (χ3n) is 5.05. The van der Waals surface area contributed by atoms with Crippen LogP contribution in [0.15, 0.2) is 24.3 Å². The van der Waals surface area contributed by atoms with Crippen LogP contribution in [-0.4, -0.2) is 43.9 Å². The van der Waals surface area contributed by atoms with Gasteiger partial charge in [0.05, 0.1) is 12.2 Å². The minimum Gasteiger partial charge on any atom is -0.462 e. The zero-order chi connectivity index (χ0) is 16.9. The van der Waals surface area contributed by atoms with Gasteiger partial charge in [0.25, 0.3) is 0 Å². The van der Waals surface area contributed by atoms with Gasteiger partial charge in [0.1, 0.15) is 6.23 Å². The summed E-state index contributed by atoms with van der Waals surface area (Å²) in [7, 11) is 1.80. The van der Waals surface area contributed by atoms with Gasteiger partial charge in [-0.05, 0) is 56.4 Å². The first-order valence-corrected chi connectivity index (χ1v) is 8.77. The van der Waals surface area contributed by atoms with Crippen LogP contribution in [0.25, 0.3) is 0 Å². The monoisotopic (exact) mass is 327 g/mol. The second kappa shape index (κ2) is 7.83. The topological polar surface area (TPSA) is 38.8 Å². The summed E-state index contributed by atoms with van der Waals surface area (Å²) in [4.78, 5) is 14.1. The highest BCUT2D eigenvalue weighted by Crippen LogP contribution is 2.34. The lowest BCUT2D eigenvalue weighted by Crippen LogP contribution is -2.42. The number of hydrogen-bond donors (Lipinski definition) is 0. The molecule has 0 amide bonds. The summed E-state index contributed by atoms with van der Waals surface area (Å²) in [5.41, 5.74) is 1.52. The van der Waals surface area contributed by atoms with Gasteiger partial charge >= 0.3 is 5.97 Å². The van der Waals surface area contributed by atoms with Gasteiger partial charge in [-0.3, -0.25) is 4.90 Å². The van der Waals surface area contributed by atoms with Gasteiger partial charge in [-0.15, -0.1) is 0 Å². The summed E-state index contributed by atoms with van der Waals surface area (Å²) in [6, 6.07) is 7.36. The van der Waals surface area contributed by atoms with Gasteiger partial charge < -0.3 is 9.47 Å². The number of benzene rings is 1. The van der Waals surface area contributed by atoms with Gasteiger partial charge in [-0.1, -0.05) is 11.8 Å². The molecule has 0 saturated carbocycles. The highest BCUT2D eigenvalue weighted by atomic mass is 16.5. The van der Waals surface area contributed by atoms with Crippen LogP contribution < -0.4 is 0 Å². The Morgan fingerprint density at radius 2 is 2.04 bits per heavy atom. The minimum atomic E-state index is -0.281. The van der Waals surface area contributed by atoms with E-state index in [-0.39, 0.29) is 12.2 Å². The number of nitrogens with zero attached hydrogens (tertiary/aromatic N) is 1. The smallest absolute Gasteiger partial charge is 0.338 e. The van der Waals surface area contributed by atoms with E-state index in [2.05, 4.69) is 16.7 Å². The fourth-order valence-corrected chi connectivity index (χ4v) is 3.68. The number of rotatable bonds is 3. The molecular formula is C20H25NO3. The van der Waals surface area contributed by atoms with Crippen molar-refractivity contribution in [3.63, 3.8) is 0 Å². The maximum Gasteiger partial charge on any atom is 0.338 e. The molecule has 24 heavy (non-hydrogen) atoms. The molecule has 4 heteroatoms. The molecule has 4 atom stereocenters. The SMILES string of the molecule is CCOC(=O)c1ccc(C#C[C@H]2CN3CC[C@H]2CC[C@H]3OC)cc1. The number of methoxy groups -OCH3 is 1. The van der Waals surface area contributed by atoms with Gasteiger partial charge in [0.15, 0.2) is 0 Å². The summed E-state index contributed by atoms with van der Waals surface area (Å²) in [6.07, 6.45) is 3.76. The van der Waals surface area contributed by atoms with Crippen molar-refractivity contribution in [3.05, 3.63) is 35.4 Å². The molecule has 1 unspecified atom stereocenters. The van der Waals surface area contributed by atoms with E-state index >= 15 is 0 Å². The largest absolute Gasteiger partial charge is 0.462 e. The Morgan fingerprint density at radius 1 is 1.25 bits per heavy atom. The van der Waals surface area contributed by atoms with Gasteiger partial charge in [-0.25, -0.2) is 4.79 Å². The molecular weight excluding hydrogens is 302 g/mol. The van der Waals surface area contributed by atoms with Crippen LogP contribution in [0, 0.1) is 23.7 Å². The van der Waals surface area contributed by atoms with Crippen molar-refractivity contribution in [2.45, 2.75) is 32.4 Å². The summed E-state index contributed by atoms with van der Waals surface area (Å²) in [5, 5.41) is 0. The molecule has 3 saturated heterocycles. The van der Waals surface area contributed by atoms with Gasteiger partial charge in [0.2, 0.25) is 0 Å². The highest BCUT2D eigenvalue weighted by molar-refractivity contribution is 5.89. The normalized spacial score (nSPS) is 28.6. The fourth-order valence-electron chi connectivity index (χ4n) is 3.68. The second-order valence-electron chi connectivity index (χ2n) is 6.49. The van der Waals surface area contributed by atoms with Crippen molar-refractivity contribution in [1.29, 1.82) is 0 Å². The van der Waals surface area contributed by atoms with Crippen LogP contribution in [0.3, 0.4) is 0 Å². The number of esters is 1. The molecule has 0 aliphatic carbocycles. The number of hydrogen-bond acceptors (Lipinski definition) is 4. The number of piperidine rings is 1. The zero-order valence-corrected chi connectivity index (χ0v) is 14.5. The lowest BCUT2D eigenvalue weighted by Gasteiger charge is -2.34. The lowest BCUT2D eigenvalue weighted by molar-refractivity contribution is -0.0376. The Kier molecular flexibility index (Phi) is 5.55. The maximum atomic E-state index is 11.7. The van der Waals surface area contributed by atoms with Gasteiger partial charge in [0, 0.05) is 31.7 Å². The first-order valence-electron chi connectivity index (χ1n) is 8.77. The molecule has 1 aromatic carbocycles. The van der Waals surface area contributed by atoms with Crippen LogP contribution in [-0.2, 0) is 9.47 Å². The Balaban J connectivity index is 1.68. The van der Waals surface area contributed by atoms with E-state index in [0.717, 1.165) is 25.1 Å². The van der Waals surface area contributed by atoms with Crippen LogP contribution in [0.4, 0.5) is 0 Å². The standard InChI is InChI=1S/C20H25NO3/c1-3-24-20(22)17-7-4-15(5-8-17)6-9-18-14-21-13-12-16(18)10-11-19(21)23-2/h4-5,7-8,16,18-19H,3,10-14H2,1-2H3/t16-,18+,19-/m1/s1. The molecule has 4 rings (SSSR count). The minimum absolute atomic E-state index is 0.255. The molecule has 4 nitrogen and oxygen atoms in total. The summed E-state index contributed by atoms with van der Waals surface area (Å²) in [5.74, 6) is 7.55. The molecule has 3 fully saturated rings. The quantitative estimate of drug-likeness (QED) is 0.632. The van der Waals surface area contributed by atoms with E-state index in [4.69, 9.17) is 9.47 Å². The average molecular weight is 327 g/mol. The van der Waals surface area contributed by atoms with Crippen molar-refractivity contribution >= 4 is 5.97 Å². The van der Waals surface area contributed by atoms with Crippen molar-refractivity contribution in [2.75, 3.05) is 26.8 Å². The number of fused-ring (bicyclic) bond motifs is 4. The third kappa shape index (κ3) is 3.80. The molecule has 0 spiro atoms. The predicted molar refractivity (Wildman–Crippen MR) is 92.5 cm³/mol. The van der Waals surface area contributed by atoms with Crippen molar-refractivity contribution in [1.82, 2.24) is 4.90 Å². The van der Waals surface area contributed by atoms with E-state index in [1.54, 1.807) is 19.2 Å². The third-order valence-corrected chi connectivity index (χ3v) is 5.05. The van der Waals surface area contributed by atoms with E-state index in [0.29, 0.717) is 24.0 Å². The van der Waals surface area contributed by atoms with Crippen LogP contribution in [0.1, 0.15) is 42.1 Å². The number of ether oxygens (including phenoxy) is 2. The Bertz CT molecular complexity index is 629. The predicted octanol–water partition coefficient (Wildman–Crippen LogP) is 2.92. The van der Waals surface area contributed by atoms with Crippen molar-refractivity contribution in [3.8, 4) is 11.8 Å². The molecule has 0 N–H and O–H groups in total. The first-order chi connectivity index (χ1) is 11.7. The van der Waals surface area contributed by atoms with Crippen molar-refractivity contribution in [2.24, 2.45) is 11.8 Å². The van der Waals surface area contributed by atoms with Crippen LogP contribution >= 0.6 is 0 Å². The number of carbonyl (C=O) groups excluding carboxylic acids is 1. The van der Waals surface area contributed by atoms with E-state index in [1.165, 1.54) is 12.8 Å². The lowest BCUT2D eigenvalue weighted by atomic mass is 9.85. The molecule has 3 heterocycles. The Hall–Kier alpha value is -1.83. The Labute approximate surface area is 144 Å². The number of carbonyl (C=O) groups is 1. The zero-order valence-electron chi connectivity index (χ0n) is 14.5. The highest BCUT2D eigenvalue weighted by Gasteiger charge is 2.35. The maximum absolute atomic E-state index is 11.7. The molecule has 3 aliphatic heterocycles. The molecule has 3 aliphatic rings. The van der Waals surface area contributed by atoms with E-state index in [9.17, 15) is 4.79 Å². The second-order valence-corrected chi connectivity index (χ2v) is 6.49. The molecule has 0 radical (unpaired) electrons. The summed E-state index contributed by atoms with van der Waals surface area (Å²) >= 11 is 0. The van der Waals surface area contributed by atoms with E-state index in [1.807, 2.05) is 19.1 Å². The molecule has 128 valence electrons. The molecule has 1 aromatic rings. The molecule has 0 aromatic heterocycles. The Morgan fingerprint density at radius 3 is 2.75 bits per heavy atom.